The van der Waals surface area contributed by atoms with Crippen LogP contribution in [0.5, 0.6) is 0 Å². The Hall–Kier alpha value is -2.41. The van der Waals surface area contributed by atoms with Gasteiger partial charge in [-0.25, -0.2) is 0 Å². The van der Waals surface area contributed by atoms with Crippen LogP contribution < -0.4 is 5.32 Å². The lowest BCUT2D eigenvalue weighted by atomic mass is 10.0. The molecule has 7 nitrogen and oxygen atoms in total. The van der Waals surface area contributed by atoms with Gasteiger partial charge in [-0.2, -0.15) is 0 Å². The fraction of sp³-hybridized carbons (Fsp3) is 0.609. The number of nitrogens with one attached hydrogen (secondary N) is 1. The number of carbonyl (C=O) groups excluding carboxylic acids is 3. The molecule has 0 radical (unpaired) electrons. The van der Waals surface area contributed by atoms with Crippen LogP contribution in [0.15, 0.2) is 24.3 Å². The van der Waals surface area contributed by atoms with Crippen molar-refractivity contribution in [1.29, 1.82) is 0 Å². The Morgan fingerprint density at radius 3 is 2.63 bits per heavy atom. The van der Waals surface area contributed by atoms with Crippen molar-refractivity contribution in [3.63, 3.8) is 0 Å². The summed E-state index contributed by atoms with van der Waals surface area (Å²) in [6.07, 6.45) is 3.26. The second kappa shape index (κ2) is 7.08. The van der Waals surface area contributed by atoms with Crippen molar-refractivity contribution in [3.8, 4) is 0 Å². The quantitative estimate of drug-likeness (QED) is 0.805. The highest BCUT2D eigenvalue weighted by atomic mass is 16.5. The van der Waals surface area contributed by atoms with Gasteiger partial charge in [0.05, 0.1) is 31.5 Å². The number of likely N-dealkylation sites (tertiary alicyclic amines) is 1. The fourth-order valence-corrected chi connectivity index (χ4v) is 5.24. The molecule has 1 aromatic rings. The van der Waals surface area contributed by atoms with Gasteiger partial charge in [-0.3, -0.25) is 14.4 Å². The van der Waals surface area contributed by atoms with Gasteiger partial charge in [0.15, 0.2) is 5.72 Å². The Balaban J connectivity index is 1.25. The minimum absolute atomic E-state index is 0.0258. The molecule has 3 aliphatic heterocycles. The summed E-state index contributed by atoms with van der Waals surface area (Å²) in [6.45, 7) is 5.40. The van der Waals surface area contributed by atoms with E-state index in [9.17, 15) is 14.4 Å². The molecule has 3 amide bonds. The molecule has 4 fully saturated rings. The minimum atomic E-state index is -0.626. The molecule has 1 N–H and O–H groups in total. The topological polar surface area (TPSA) is 79.0 Å². The number of amides is 3. The average Bonchev–Trinajstić information content (AvgIpc) is 3.33. The second-order valence-electron chi connectivity index (χ2n) is 9.43. The van der Waals surface area contributed by atoms with E-state index in [-0.39, 0.29) is 42.1 Å². The monoisotopic (exact) mass is 411 g/mol. The van der Waals surface area contributed by atoms with Crippen LogP contribution in [-0.2, 0) is 25.5 Å². The largest absolute Gasteiger partial charge is 0.351 e. The molecule has 30 heavy (non-hydrogen) atoms. The smallest absolute Gasteiger partial charge is 0.227 e. The molecule has 1 saturated carbocycles. The first-order valence-electron chi connectivity index (χ1n) is 11.0. The number of benzene rings is 1. The number of rotatable bonds is 5. The number of anilines is 1. The van der Waals surface area contributed by atoms with Gasteiger partial charge in [-0.15, -0.1) is 0 Å². The SMILES string of the molecule is CC(C)[C@@H]1CO[C@@]23CCN(C(=O)Cc4ccc(NC(=O)C5CC5)cc4)[C@@H]2CC(=O)N13. The molecule has 160 valence electrons. The predicted molar refractivity (Wildman–Crippen MR) is 110 cm³/mol. The Labute approximate surface area is 176 Å². The summed E-state index contributed by atoms with van der Waals surface area (Å²) in [4.78, 5) is 41.5. The van der Waals surface area contributed by atoms with Crippen molar-refractivity contribution in [3.05, 3.63) is 29.8 Å². The lowest BCUT2D eigenvalue weighted by molar-refractivity contribution is -0.141. The molecule has 0 bridgehead atoms. The number of hydrogen-bond acceptors (Lipinski definition) is 4. The van der Waals surface area contributed by atoms with Crippen LogP contribution >= 0.6 is 0 Å². The maximum atomic E-state index is 13.1. The molecular weight excluding hydrogens is 382 g/mol. The summed E-state index contributed by atoms with van der Waals surface area (Å²) in [6, 6.07) is 7.37. The van der Waals surface area contributed by atoms with E-state index in [4.69, 9.17) is 4.74 Å². The number of nitrogens with zero attached hydrogens (tertiary/aromatic N) is 2. The van der Waals surface area contributed by atoms with Gasteiger partial charge < -0.3 is 19.9 Å². The molecule has 7 heteroatoms. The maximum absolute atomic E-state index is 13.1. The van der Waals surface area contributed by atoms with Gasteiger partial charge in [-0.1, -0.05) is 26.0 Å². The predicted octanol–water partition coefficient (Wildman–Crippen LogP) is 2.16. The summed E-state index contributed by atoms with van der Waals surface area (Å²) in [5, 5.41) is 2.92. The van der Waals surface area contributed by atoms with Crippen molar-refractivity contribution in [2.24, 2.45) is 11.8 Å². The van der Waals surface area contributed by atoms with E-state index in [1.54, 1.807) is 0 Å². The standard InChI is InChI=1S/C23H29N3O4/c1-14(2)18-13-30-23-9-10-25(19(23)12-21(28)26(18)23)20(27)11-15-3-7-17(8-4-15)24-22(29)16-5-6-16/h3-4,7-8,14,16,18-19H,5-6,9-13H2,1-2H3,(H,24,29)/t18-,19+,23-/m0/s1. The average molecular weight is 412 g/mol. The first-order chi connectivity index (χ1) is 14.4. The summed E-state index contributed by atoms with van der Waals surface area (Å²) in [7, 11) is 0. The first-order valence-corrected chi connectivity index (χ1v) is 11.0. The van der Waals surface area contributed by atoms with Crippen LogP contribution in [0.2, 0.25) is 0 Å². The highest BCUT2D eigenvalue weighted by Crippen LogP contribution is 2.48. The van der Waals surface area contributed by atoms with E-state index in [1.165, 1.54) is 0 Å². The van der Waals surface area contributed by atoms with Crippen molar-refractivity contribution in [2.45, 2.75) is 63.8 Å². The van der Waals surface area contributed by atoms with Gasteiger partial charge in [0.25, 0.3) is 0 Å². The molecule has 0 aromatic heterocycles. The number of ether oxygens (including phenoxy) is 1. The van der Waals surface area contributed by atoms with E-state index in [1.807, 2.05) is 34.1 Å². The van der Waals surface area contributed by atoms with Crippen LogP contribution in [0.3, 0.4) is 0 Å². The fourth-order valence-electron chi connectivity index (χ4n) is 5.24. The van der Waals surface area contributed by atoms with E-state index in [0.717, 1.165) is 24.1 Å². The Morgan fingerprint density at radius 1 is 1.23 bits per heavy atom. The zero-order valence-electron chi connectivity index (χ0n) is 17.6. The maximum Gasteiger partial charge on any atom is 0.227 e. The lowest BCUT2D eigenvalue weighted by Gasteiger charge is -2.34. The van der Waals surface area contributed by atoms with E-state index in [2.05, 4.69) is 19.2 Å². The lowest BCUT2D eigenvalue weighted by Crippen LogP contribution is -2.51. The van der Waals surface area contributed by atoms with Crippen LogP contribution in [0.1, 0.15) is 45.1 Å². The Morgan fingerprint density at radius 2 is 1.97 bits per heavy atom. The van der Waals surface area contributed by atoms with Gasteiger partial charge in [0.2, 0.25) is 17.7 Å². The summed E-state index contributed by atoms with van der Waals surface area (Å²) in [5.74, 6) is 0.696. The van der Waals surface area contributed by atoms with Crippen LogP contribution in [-0.4, -0.2) is 58.5 Å². The van der Waals surface area contributed by atoms with Crippen molar-refractivity contribution in [2.75, 3.05) is 18.5 Å². The summed E-state index contributed by atoms with van der Waals surface area (Å²) in [5.41, 5.74) is 1.04. The van der Waals surface area contributed by atoms with Crippen LogP contribution in [0, 0.1) is 11.8 Å². The number of hydrogen-bond donors (Lipinski definition) is 1. The molecule has 1 aliphatic carbocycles. The highest BCUT2D eigenvalue weighted by Gasteiger charge is 2.65. The van der Waals surface area contributed by atoms with E-state index < -0.39 is 5.72 Å². The molecule has 5 rings (SSSR count). The van der Waals surface area contributed by atoms with Gasteiger partial charge in [0, 0.05) is 24.6 Å². The zero-order valence-corrected chi connectivity index (χ0v) is 17.6. The third kappa shape index (κ3) is 3.11. The minimum Gasteiger partial charge on any atom is -0.351 e. The molecule has 3 saturated heterocycles. The molecule has 3 heterocycles. The van der Waals surface area contributed by atoms with Gasteiger partial charge >= 0.3 is 0 Å². The summed E-state index contributed by atoms with van der Waals surface area (Å²) >= 11 is 0. The van der Waals surface area contributed by atoms with Gasteiger partial charge in [-0.05, 0) is 36.5 Å². The normalized spacial score (nSPS) is 30.0. The Bertz CT molecular complexity index is 879. The highest BCUT2D eigenvalue weighted by molar-refractivity contribution is 5.94. The van der Waals surface area contributed by atoms with E-state index in [0.29, 0.717) is 31.9 Å². The molecule has 1 spiro atoms. The molecule has 0 unspecified atom stereocenters. The molecular formula is C23H29N3O4. The first kappa shape index (κ1) is 19.5. The van der Waals surface area contributed by atoms with Crippen LogP contribution in [0.25, 0.3) is 0 Å². The van der Waals surface area contributed by atoms with Gasteiger partial charge in [0.1, 0.15) is 0 Å². The third-order valence-corrected chi connectivity index (χ3v) is 7.10. The van der Waals surface area contributed by atoms with Crippen molar-refractivity contribution in [1.82, 2.24) is 9.80 Å². The van der Waals surface area contributed by atoms with Crippen molar-refractivity contribution >= 4 is 23.4 Å². The second-order valence-corrected chi connectivity index (χ2v) is 9.43. The summed E-state index contributed by atoms with van der Waals surface area (Å²) < 4.78 is 6.21. The van der Waals surface area contributed by atoms with Crippen molar-refractivity contribution < 1.29 is 19.1 Å². The third-order valence-electron chi connectivity index (χ3n) is 7.10. The van der Waals surface area contributed by atoms with E-state index >= 15 is 0 Å². The molecule has 3 atom stereocenters. The molecule has 4 aliphatic rings. The zero-order chi connectivity index (χ0) is 21.0. The van der Waals surface area contributed by atoms with Crippen LogP contribution in [0.4, 0.5) is 5.69 Å². The molecule has 1 aromatic carbocycles. The Kier molecular flexibility index (Phi) is 4.61. The number of carbonyl (C=O) groups is 3.